The molecule has 8 nitrogen and oxygen atoms in total. The zero-order valence-electron chi connectivity index (χ0n) is 13.8. The zero-order valence-corrected chi connectivity index (χ0v) is 13.8. The Hall–Kier alpha value is -3.16. The number of carbonyl (C=O) groups is 2. The van der Waals surface area contributed by atoms with Crippen molar-refractivity contribution in [1.82, 2.24) is 24.5 Å². The van der Waals surface area contributed by atoms with Gasteiger partial charge in [0.25, 0.3) is 5.91 Å². The van der Waals surface area contributed by atoms with Gasteiger partial charge in [-0.2, -0.15) is 0 Å². The van der Waals surface area contributed by atoms with Crippen LogP contribution < -0.4 is 5.73 Å². The van der Waals surface area contributed by atoms with E-state index in [1.807, 2.05) is 35.8 Å². The number of hydrogen-bond acceptors (Lipinski definition) is 4. The van der Waals surface area contributed by atoms with Crippen LogP contribution in [-0.4, -0.2) is 49.4 Å². The van der Waals surface area contributed by atoms with Gasteiger partial charge in [-0.1, -0.05) is 23.4 Å². The lowest BCUT2D eigenvalue weighted by Gasteiger charge is -2.39. The van der Waals surface area contributed by atoms with Gasteiger partial charge in [0.2, 0.25) is 5.91 Å². The Balaban J connectivity index is 1.43. The summed E-state index contributed by atoms with van der Waals surface area (Å²) < 4.78 is 3.63. The molecule has 0 unspecified atom stereocenters. The number of nitrogens with zero attached hydrogens (tertiary/aromatic N) is 5. The number of aryl methyl sites for hydroxylation is 1. The number of hydrogen-bond donors (Lipinski definition) is 1. The van der Waals surface area contributed by atoms with E-state index >= 15 is 0 Å². The first kappa shape index (κ1) is 15.4. The van der Waals surface area contributed by atoms with Crippen molar-refractivity contribution in [3.63, 3.8) is 0 Å². The minimum absolute atomic E-state index is 0.0343. The number of benzene rings is 1. The summed E-state index contributed by atoms with van der Waals surface area (Å²) in [6.07, 6.45) is 1.53. The highest BCUT2D eigenvalue weighted by atomic mass is 16.2. The second kappa shape index (κ2) is 5.73. The van der Waals surface area contributed by atoms with Gasteiger partial charge in [0.15, 0.2) is 5.69 Å². The Labute approximate surface area is 143 Å². The van der Waals surface area contributed by atoms with Crippen LogP contribution in [0.5, 0.6) is 0 Å². The number of nitrogens with two attached hydrogens (primary N) is 1. The van der Waals surface area contributed by atoms with Gasteiger partial charge in [-0.05, 0) is 24.4 Å². The summed E-state index contributed by atoms with van der Waals surface area (Å²) in [5.74, 6) is -0.538. The maximum absolute atomic E-state index is 12.6. The summed E-state index contributed by atoms with van der Waals surface area (Å²) >= 11 is 0. The highest BCUT2D eigenvalue weighted by molar-refractivity contribution is 5.90. The van der Waals surface area contributed by atoms with Crippen LogP contribution in [0.15, 0.2) is 36.5 Å². The van der Waals surface area contributed by atoms with E-state index in [1.165, 1.54) is 6.20 Å². The van der Waals surface area contributed by atoms with Crippen LogP contribution in [0.3, 0.4) is 0 Å². The van der Waals surface area contributed by atoms with Crippen LogP contribution in [0.2, 0.25) is 0 Å². The molecule has 3 heterocycles. The molecule has 1 aromatic carbocycles. The lowest BCUT2D eigenvalue weighted by molar-refractivity contribution is -0.137. The summed E-state index contributed by atoms with van der Waals surface area (Å²) in [7, 11) is 0. The predicted octanol–water partition coefficient (Wildman–Crippen LogP) is 0.724. The van der Waals surface area contributed by atoms with E-state index in [0.717, 1.165) is 16.6 Å². The molecule has 0 spiro atoms. The minimum atomic E-state index is -0.603. The van der Waals surface area contributed by atoms with E-state index in [1.54, 1.807) is 9.58 Å². The smallest absolute Gasteiger partial charge is 0.270 e. The molecular formula is C17H18N6O2. The molecule has 1 fully saturated rings. The third-order valence-corrected chi connectivity index (χ3v) is 4.66. The van der Waals surface area contributed by atoms with Crippen LogP contribution in [-0.2, 0) is 11.3 Å². The monoisotopic (exact) mass is 338 g/mol. The first-order valence-electron chi connectivity index (χ1n) is 8.07. The lowest BCUT2D eigenvalue weighted by Crippen LogP contribution is -2.51. The van der Waals surface area contributed by atoms with Gasteiger partial charge in [0, 0.05) is 24.3 Å². The van der Waals surface area contributed by atoms with Gasteiger partial charge < -0.3 is 15.2 Å². The molecule has 3 aromatic rings. The van der Waals surface area contributed by atoms with Crippen molar-refractivity contribution >= 4 is 22.7 Å². The van der Waals surface area contributed by atoms with Crippen LogP contribution >= 0.6 is 0 Å². The summed E-state index contributed by atoms with van der Waals surface area (Å²) in [6.45, 7) is 3.43. The number of rotatable bonds is 4. The number of fused-ring (bicyclic) bond motifs is 1. The molecule has 0 saturated carbocycles. The lowest BCUT2D eigenvalue weighted by atomic mass is 10.1. The van der Waals surface area contributed by atoms with Gasteiger partial charge in [-0.25, -0.2) is 4.68 Å². The van der Waals surface area contributed by atoms with E-state index in [2.05, 4.69) is 16.4 Å². The van der Waals surface area contributed by atoms with Crippen LogP contribution in [0, 0.1) is 6.92 Å². The number of likely N-dealkylation sites (tertiary alicyclic amines) is 1. The summed E-state index contributed by atoms with van der Waals surface area (Å²) in [5, 5.41) is 8.77. The summed E-state index contributed by atoms with van der Waals surface area (Å²) in [6, 6.07) is 10.2. The predicted molar refractivity (Wildman–Crippen MR) is 90.8 cm³/mol. The van der Waals surface area contributed by atoms with E-state index in [0.29, 0.717) is 19.6 Å². The standard InChI is InChI=1S/C17H18N6O2/c1-11-6-12-4-2-3-5-15(12)22(11)10-16(24)21-7-13(8-21)23-9-14(17(18)25)19-20-23/h2-6,9,13H,7-8,10H2,1H3,(H2,18,25). The number of amides is 2. The molecule has 0 atom stereocenters. The Kier molecular flexibility index (Phi) is 3.52. The molecule has 8 heteroatoms. The molecular weight excluding hydrogens is 320 g/mol. The number of para-hydroxylation sites is 1. The van der Waals surface area contributed by atoms with E-state index < -0.39 is 5.91 Å². The van der Waals surface area contributed by atoms with Crippen molar-refractivity contribution in [2.45, 2.75) is 19.5 Å². The normalized spacial score (nSPS) is 14.7. The van der Waals surface area contributed by atoms with E-state index in [-0.39, 0.29) is 17.6 Å². The molecule has 0 aliphatic carbocycles. The topological polar surface area (TPSA) is 99.0 Å². The molecule has 2 N–H and O–H groups in total. The van der Waals surface area contributed by atoms with Crippen LogP contribution in [0.1, 0.15) is 22.2 Å². The molecule has 1 aliphatic rings. The maximum atomic E-state index is 12.6. The fourth-order valence-corrected chi connectivity index (χ4v) is 3.19. The van der Waals surface area contributed by atoms with Crippen molar-refractivity contribution in [3.05, 3.63) is 47.9 Å². The molecule has 2 amide bonds. The third-order valence-electron chi connectivity index (χ3n) is 4.66. The van der Waals surface area contributed by atoms with Gasteiger partial charge in [-0.3, -0.25) is 9.59 Å². The van der Waals surface area contributed by atoms with Crippen molar-refractivity contribution in [1.29, 1.82) is 0 Å². The Morgan fingerprint density at radius 3 is 2.76 bits per heavy atom. The van der Waals surface area contributed by atoms with Crippen molar-refractivity contribution < 1.29 is 9.59 Å². The fraction of sp³-hybridized carbons (Fsp3) is 0.294. The average Bonchev–Trinajstić information content (AvgIpc) is 3.12. The third kappa shape index (κ3) is 2.65. The van der Waals surface area contributed by atoms with Crippen molar-refractivity contribution in [2.75, 3.05) is 13.1 Å². The number of aromatic nitrogens is 4. The zero-order chi connectivity index (χ0) is 17.6. The molecule has 4 rings (SSSR count). The van der Waals surface area contributed by atoms with Crippen LogP contribution in [0.4, 0.5) is 0 Å². The molecule has 1 saturated heterocycles. The first-order valence-corrected chi connectivity index (χ1v) is 8.07. The number of primary amides is 1. The molecule has 128 valence electrons. The average molecular weight is 338 g/mol. The van der Waals surface area contributed by atoms with Crippen LogP contribution in [0.25, 0.3) is 10.9 Å². The summed E-state index contributed by atoms with van der Waals surface area (Å²) in [5.41, 5.74) is 7.44. The van der Waals surface area contributed by atoms with Gasteiger partial charge in [-0.15, -0.1) is 5.10 Å². The minimum Gasteiger partial charge on any atom is -0.364 e. The quantitative estimate of drug-likeness (QED) is 0.758. The number of carbonyl (C=O) groups excluding carboxylic acids is 2. The molecule has 1 aliphatic heterocycles. The fourth-order valence-electron chi connectivity index (χ4n) is 3.19. The van der Waals surface area contributed by atoms with Gasteiger partial charge in [0.05, 0.1) is 12.2 Å². The SMILES string of the molecule is Cc1cc2ccccc2n1CC(=O)N1CC(n2cc(C(N)=O)nn2)C1. The maximum Gasteiger partial charge on any atom is 0.270 e. The first-order chi connectivity index (χ1) is 12.0. The second-order valence-electron chi connectivity index (χ2n) is 6.33. The molecule has 0 bridgehead atoms. The summed E-state index contributed by atoms with van der Waals surface area (Å²) in [4.78, 5) is 25.4. The van der Waals surface area contributed by atoms with Crippen molar-refractivity contribution in [3.8, 4) is 0 Å². The molecule has 0 radical (unpaired) electrons. The molecule has 25 heavy (non-hydrogen) atoms. The van der Waals surface area contributed by atoms with E-state index in [9.17, 15) is 9.59 Å². The Bertz CT molecular complexity index is 967. The van der Waals surface area contributed by atoms with Crippen molar-refractivity contribution in [2.24, 2.45) is 5.73 Å². The Morgan fingerprint density at radius 1 is 1.28 bits per heavy atom. The highest BCUT2D eigenvalue weighted by Crippen LogP contribution is 2.23. The Morgan fingerprint density at radius 2 is 2.04 bits per heavy atom. The molecule has 2 aromatic heterocycles. The van der Waals surface area contributed by atoms with Gasteiger partial charge in [0.1, 0.15) is 6.54 Å². The largest absolute Gasteiger partial charge is 0.364 e. The van der Waals surface area contributed by atoms with E-state index in [4.69, 9.17) is 5.73 Å². The second-order valence-corrected chi connectivity index (χ2v) is 6.33. The van der Waals surface area contributed by atoms with Gasteiger partial charge >= 0.3 is 0 Å². The highest BCUT2D eigenvalue weighted by Gasteiger charge is 2.33.